The van der Waals surface area contributed by atoms with Crippen LogP contribution in [0, 0.1) is 35.0 Å². The Labute approximate surface area is 326 Å². The van der Waals surface area contributed by atoms with E-state index < -0.39 is 0 Å². The third kappa shape index (κ3) is 13.2. The summed E-state index contributed by atoms with van der Waals surface area (Å²) in [6, 6.07) is 28.7. The van der Waals surface area contributed by atoms with Gasteiger partial charge in [-0.3, -0.25) is 28.4 Å². The Kier molecular flexibility index (Phi) is 24.5. The maximum Gasteiger partial charge on any atom is 2.00 e. The molecule has 52 heavy (non-hydrogen) atoms. The second kappa shape index (κ2) is 25.2. The van der Waals surface area contributed by atoms with Crippen molar-refractivity contribution < 1.29 is 19.5 Å². The maximum atomic E-state index is 11.5. The van der Waals surface area contributed by atoms with Crippen LogP contribution in [0.25, 0.3) is 17.1 Å². The largest absolute Gasteiger partial charge is 2.00 e. The van der Waals surface area contributed by atoms with Crippen LogP contribution in [0.15, 0.2) is 128 Å². The minimum atomic E-state index is -0.0813. The number of benzene rings is 3. The van der Waals surface area contributed by atoms with Crippen molar-refractivity contribution in [1.29, 1.82) is 15.8 Å². The van der Waals surface area contributed by atoms with Gasteiger partial charge in [0.1, 0.15) is 0 Å². The fourth-order valence-electron chi connectivity index (χ4n) is 4.35. The first-order valence-electron chi connectivity index (χ1n) is 13.9. The standard InChI is InChI=1S/C11H13N3O.C11H9N3O.C10H9BrN2O.2CN.3CH4.Zn/c2*1-13-7-6-11(15)14(13)10-4-2-9(8-12)3-5-10;1-12-7-6-10(14)13(12)9-4-2-8(11)3-5-9;2*1-2;;;;/h2-7H,8,12H2,1H3;2-7H,1H3;2-7H,1H3;;;3*1H4;/q;;;2*-1;;;;+2. The van der Waals surface area contributed by atoms with E-state index in [4.69, 9.17) is 34.7 Å². The summed E-state index contributed by atoms with van der Waals surface area (Å²) < 4.78 is 10.9. The molecule has 6 aromatic rings. The summed E-state index contributed by atoms with van der Waals surface area (Å²) in [6.07, 6.45) is 5.17. The van der Waals surface area contributed by atoms with Gasteiger partial charge in [0.15, 0.2) is 0 Å². The number of nitrogens with two attached hydrogens (primary N) is 1. The van der Waals surface area contributed by atoms with Crippen molar-refractivity contribution in [3.05, 3.63) is 169 Å². The molecule has 0 spiro atoms. The summed E-state index contributed by atoms with van der Waals surface area (Å²) in [5.41, 5.74) is 9.49. The van der Waals surface area contributed by atoms with Gasteiger partial charge in [-0.15, -0.1) is 0 Å². The van der Waals surface area contributed by atoms with Crippen LogP contribution in [0.4, 0.5) is 0 Å². The van der Waals surface area contributed by atoms with Gasteiger partial charge in [-0.1, -0.05) is 50.3 Å². The molecular weight excluding hydrogens is 778 g/mol. The molecule has 13 nitrogen and oxygen atoms in total. The summed E-state index contributed by atoms with van der Waals surface area (Å²) in [4.78, 5) is 34.4. The normalized spacial score (nSPS) is 8.77. The molecule has 2 N–H and O–H groups in total. The fourth-order valence-corrected chi connectivity index (χ4v) is 4.62. The van der Waals surface area contributed by atoms with Gasteiger partial charge in [0.2, 0.25) is 0 Å². The summed E-state index contributed by atoms with van der Waals surface area (Å²) >= 11 is 3.35. The Morgan fingerprint density at radius 2 is 0.865 bits per heavy atom. The molecule has 15 heteroatoms. The van der Waals surface area contributed by atoms with Gasteiger partial charge in [-0.05, 0) is 66.2 Å². The van der Waals surface area contributed by atoms with Gasteiger partial charge in [-0.2, -0.15) is 5.26 Å². The van der Waals surface area contributed by atoms with E-state index in [0.717, 1.165) is 27.1 Å². The van der Waals surface area contributed by atoms with Crippen molar-refractivity contribution in [2.24, 2.45) is 26.9 Å². The molecule has 0 radical (unpaired) electrons. The van der Waals surface area contributed by atoms with Gasteiger partial charge < -0.3 is 29.4 Å². The van der Waals surface area contributed by atoms with E-state index in [0.29, 0.717) is 12.1 Å². The van der Waals surface area contributed by atoms with Gasteiger partial charge in [0, 0.05) is 69.0 Å². The fraction of sp³-hybridized carbons (Fsp3) is 0.189. The Balaban J connectivity index is -0.000000637. The van der Waals surface area contributed by atoms with E-state index in [-0.39, 0.29) is 58.4 Å². The first kappa shape index (κ1) is 50.6. The van der Waals surface area contributed by atoms with Crippen molar-refractivity contribution >= 4 is 15.9 Å². The molecule has 0 unspecified atom stereocenters. The van der Waals surface area contributed by atoms with Gasteiger partial charge >= 0.3 is 19.5 Å². The van der Waals surface area contributed by atoms with Crippen molar-refractivity contribution in [2.75, 3.05) is 0 Å². The zero-order chi connectivity index (χ0) is 35.8. The molecule has 0 fully saturated rings. The number of aryl methyl sites for hydroxylation is 3. The Morgan fingerprint density at radius 1 is 0.577 bits per heavy atom. The number of nitriles is 1. The Hall–Kier alpha value is -5.78. The minimum Gasteiger partial charge on any atom is -0.512 e. The van der Waals surface area contributed by atoms with Gasteiger partial charge in [0.05, 0.1) is 28.7 Å². The predicted octanol–water partition coefficient (Wildman–Crippen LogP) is 5.72. The topological polar surface area (TPSA) is 178 Å². The van der Waals surface area contributed by atoms with E-state index in [1.165, 1.54) is 16.8 Å². The number of nitrogens with zero attached hydrogens (tertiary/aromatic N) is 9. The number of halogens is 1. The molecule has 0 aliphatic heterocycles. The molecule has 0 atom stereocenters. The second-order valence-electron chi connectivity index (χ2n) is 9.62. The van der Waals surface area contributed by atoms with E-state index in [1.54, 1.807) is 79.4 Å². The molecule has 0 saturated heterocycles. The van der Waals surface area contributed by atoms with Crippen LogP contribution in [0.3, 0.4) is 0 Å². The molecule has 0 bridgehead atoms. The Morgan fingerprint density at radius 3 is 1.12 bits per heavy atom. The van der Waals surface area contributed by atoms with Crippen LogP contribution in [0.1, 0.15) is 33.4 Å². The summed E-state index contributed by atoms with van der Waals surface area (Å²) in [6.45, 7) is 10.0. The second-order valence-corrected chi connectivity index (χ2v) is 10.5. The van der Waals surface area contributed by atoms with E-state index in [9.17, 15) is 14.4 Å². The zero-order valence-corrected chi connectivity index (χ0v) is 31.6. The van der Waals surface area contributed by atoms with Crippen LogP contribution in [-0.2, 0) is 47.2 Å². The van der Waals surface area contributed by atoms with Crippen molar-refractivity contribution in [3.63, 3.8) is 0 Å². The summed E-state index contributed by atoms with van der Waals surface area (Å²) in [7, 11) is 5.46. The molecule has 3 aromatic carbocycles. The molecule has 0 saturated carbocycles. The molecule has 0 aliphatic carbocycles. The third-order valence-electron chi connectivity index (χ3n) is 6.60. The molecule has 0 amide bonds. The smallest absolute Gasteiger partial charge is 0.512 e. The maximum absolute atomic E-state index is 11.5. The van der Waals surface area contributed by atoms with Gasteiger partial charge in [-0.25, -0.2) is 14.0 Å². The van der Waals surface area contributed by atoms with E-state index in [1.807, 2.05) is 68.7 Å². The molecule has 268 valence electrons. The molecule has 0 aliphatic rings. The first-order valence-corrected chi connectivity index (χ1v) is 14.7. The summed E-state index contributed by atoms with van der Waals surface area (Å²) in [5.74, 6) is 0. The molecule has 3 aromatic heterocycles. The van der Waals surface area contributed by atoms with Gasteiger partial charge in [0.25, 0.3) is 16.7 Å². The van der Waals surface area contributed by atoms with Crippen LogP contribution < -0.4 is 22.4 Å². The van der Waals surface area contributed by atoms with Crippen LogP contribution in [-0.4, -0.2) is 28.1 Å². The van der Waals surface area contributed by atoms with E-state index in [2.05, 4.69) is 15.9 Å². The quantitative estimate of drug-likeness (QED) is 0.175. The van der Waals surface area contributed by atoms with Crippen LogP contribution in [0.2, 0.25) is 0 Å². The third-order valence-corrected chi connectivity index (χ3v) is 7.13. The number of hydrogen-bond donors (Lipinski definition) is 1. The predicted molar refractivity (Wildman–Crippen MR) is 203 cm³/mol. The molecule has 3 heterocycles. The SMILES string of the molecule is C.C.C.Cn1ccc(=O)n1-c1ccc(Br)cc1.Cn1ccc(=O)n1-c1ccc(C#N)cc1.Cn1ccc(=O)n1-c1ccc(CN)cc1.[C-]#N.[C-]#N.[Zn+2]. The molecular formula is C37H43BrN10O3Zn. The van der Waals surface area contributed by atoms with Crippen LogP contribution >= 0.6 is 15.9 Å². The van der Waals surface area contributed by atoms with Crippen molar-refractivity contribution in [1.82, 2.24) is 28.1 Å². The van der Waals surface area contributed by atoms with Crippen LogP contribution in [0.5, 0.6) is 0 Å². The van der Waals surface area contributed by atoms with E-state index >= 15 is 0 Å². The number of hydrogen-bond acceptors (Lipinski definition) is 7. The molecule has 6 rings (SSSR count). The average Bonchev–Trinajstić information content (AvgIpc) is 3.77. The minimum absolute atomic E-state index is 0. The number of rotatable bonds is 4. The number of aromatic nitrogens is 6. The monoisotopic (exact) mass is 818 g/mol. The zero-order valence-electron chi connectivity index (χ0n) is 27.0. The first-order chi connectivity index (χ1) is 23.1. The Bertz CT molecular complexity index is 2150. The van der Waals surface area contributed by atoms with Crippen molar-refractivity contribution in [3.8, 4) is 23.1 Å². The van der Waals surface area contributed by atoms with Crippen molar-refractivity contribution in [2.45, 2.75) is 28.8 Å². The summed E-state index contributed by atoms with van der Waals surface area (Å²) in [5, 5.41) is 21.1. The average molecular weight is 821 g/mol.